The van der Waals surface area contributed by atoms with Gasteiger partial charge in [0, 0.05) is 4.88 Å². The number of ether oxygens (including phenoxy) is 3. The van der Waals surface area contributed by atoms with Crippen LogP contribution in [0.1, 0.15) is 23.2 Å². The van der Waals surface area contributed by atoms with Gasteiger partial charge in [-0.1, -0.05) is 17.3 Å². The molecule has 1 aromatic carbocycles. The number of thiophene rings is 1. The van der Waals surface area contributed by atoms with Crippen molar-refractivity contribution in [1.29, 1.82) is 0 Å². The first-order valence-corrected chi connectivity index (χ1v) is 10.2. The molecule has 0 bridgehead atoms. The highest BCUT2D eigenvalue weighted by molar-refractivity contribution is 7.17. The quantitative estimate of drug-likeness (QED) is 0.703. The van der Waals surface area contributed by atoms with Gasteiger partial charge in [-0.3, -0.25) is 4.79 Å². The molecule has 1 amide bonds. The first-order chi connectivity index (χ1) is 14.1. The second-order valence-electron chi connectivity index (χ2n) is 6.95. The number of aromatic nitrogens is 2. The van der Waals surface area contributed by atoms with Crippen LogP contribution in [0.25, 0.3) is 11.5 Å². The maximum absolute atomic E-state index is 13.1. The van der Waals surface area contributed by atoms with Crippen molar-refractivity contribution in [1.82, 2.24) is 10.1 Å². The van der Waals surface area contributed by atoms with Crippen molar-refractivity contribution < 1.29 is 23.5 Å². The van der Waals surface area contributed by atoms with Crippen LogP contribution in [-0.4, -0.2) is 34.9 Å². The zero-order valence-corrected chi connectivity index (χ0v) is 16.7. The molecule has 0 fully saturated rings. The maximum atomic E-state index is 13.1. The van der Waals surface area contributed by atoms with Gasteiger partial charge >= 0.3 is 0 Å². The van der Waals surface area contributed by atoms with E-state index in [0.717, 1.165) is 22.4 Å². The van der Waals surface area contributed by atoms with Crippen molar-refractivity contribution in [3.63, 3.8) is 0 Å². The molecule has 0 aliphatic carbocycles. The van der Waals surface area contributed by atoms with Crippen LogP contribution in [0.4, 0.5) is 5.00 Å². The Balaban J connectivity index is 1.46. The third-order valence-corrected chi connectivity index (χ3v) is 6.02. The zero-order valence-electron chi connectivity index (χ0n) is 15.9. The average molecular weight is 413 g/mol. The van der Waals surface area contributed by atoms with Crippen LogP contribution < -0.4 is 14.8 Å². The maximum Gasteiger partial charge on any atom is 0.269 e. The van der Waals surface area contributed by atoms with E-state index in [1.54, 1.807) is 13.0 Å². The minimum Gasteiger partial charge on any atom is -0.482 e. The Kier molecular flexibility index (Phi) is 4.48. The van der Waals surface area contributed by atoms with Gasteiger partial charge in [0.05, 0.1) is 18.8 Å². The molecular formula is C20H19N3O5S. The third-order valence-electron chi connectivity index (χ3n) is 4.90. The molecule has 1 N–H and O–H groups in total. The number of carbonyl (C=O) groups is 1. The highest BCUT2D eigenvalue weighted by Crippen LogP contribution is 2.43. The molecule has 2 aromatic heterocycles. The van der Waals surface area contributed by atoms with Gasteiger partial charge in [-0.05, 0) is 38.0 Å². The molecule has 2 aliphatic rings. The van der Waals surface area contributed by atoms with Gasteiger partial charge in [-0.25, -0.2) is 0 Å². The summed E-state index contributed by atoms with van der Waals surface area (Å²) in [5, 5.41) is 7.55. The van der Waals surface area contributed by atoms with E-state index in [1.165, 1.54) is 11.3 Å². The molecule has 2 aliphatic heterocycles. The monoisotopic (exact) mass is 413 g/mol. The summed E-state index contributed by atoms with van der Waals surface area (Å²) in [7, 11) is 0. The van der Waals surface area contributed by atoms with Gasteiger partial charge < -0.3 is 24.1 Å². The molecule has 150 valence electrons. The number of aryl methyl sites for hydroxylation is 1. The Morgan fingerprint density at radius 1 is 1.24 bits per heavy atom. The van der Waals surface area contributed by atoms with Crippen LogP contribution in [0.15, 0.2) is 28.8 Å². The van der Waals surface area contributed by atoms with E-state index in [-0.39, 0.29) is 5.91 Å². The summed E-state index contributed by atoms with van der Waals surface area (Å²) < 4.78 is 22.8. The van der Waals surface area contributed by atoms with Gasteiger partial charge in [0.25, 0.3) is 11.8 Å². The number of nitrogens with zero attached hydrogens (tertiary/aromatic N) is 2. The number of fused-ring (bicyclic) bond motifs is 2. The number of hydrogen-bond donors (Lipinski definition) is 1. The molecular weight excluding hydrogens is 394 g/mol. The number of carbonyl (C=O) groups excluding carboxylic acids is 1. The van der Waals surface area contributed by atoms with E-state index in [1.807, 2.05) is 25.1 Å². The lowest BCUT2D eigenvalue weighted by molar-refractivity contribution is -0.127. The molecule has 5 rings (SSSR count). The van der Waals surface area contributed by atoms with Gasteiger partial charge in [0.1, 0.15) is 11.1 Å². The second-order valence-corrected chi connectivity index (χ2v) is 8.06. The average Bonchev–Trinajstić information content (AvgIpc) is 3.29. The molecule has 3 aromatic rings. The summed E-state index contributed by atoms with van der Waals surface area (Å²) in [6, 6.07) is 7.32. The lowest BCUT2D eigenvalue weighted by atomic mass is 10.1. The van der Waals surface area contributed by atoms with Crippen molar-refractivity contribution in [2.75, 3.05) is 11.9 Å². The van der Waals surface area contributed by atoms with E-state index in [2.05, 4.69) is 15.5 Å². The fraction of sp³-hybridized carbons (Fsp3) is 0.350. The third kappa shape index (κ3) is 3.26. The van der Waals surface area contributed by atoms with Crippen LogP contribution >= 0.6 is 11.3 Å². The lowest BCUT2D eigenvalue weighted by Gasteiger charge is -2.30. The van der Waals surface area contributed by atoms with E-state index in [0.29, 0.717) is 41.4 Å². The number of amides is 1. The van der Waals surface area contributed by atoms with Gasteiger partial charge in [0.15, 0.2) is 17.3 Å². The predicted molar refractivity (Wildman–Crippen MR) is 105 cm³/mol. The van der Waals surface area contributed by atoms with E-state index >= 15 is 0 Å². The summed E-state index contributed by atoms with van der Waals surface area (Å²) in [5.41, 5.74) is 1.85. The van der Waals surface area contributed by atoms with Crippen LogP contribution in [0.2, 0.25) is 0 Å². The fourth-order valence-electron chi connectivity index (χ4n) is 3.53. The van der Waals surface area contributed by atoms with Crippen LogP contribution in [-0.2, 0) is 22.6 Å². The van der Waals surface area contributed by atoms with Gasteiger partial charge in [-0.15, -0.1) is 11.3 Å². The molecule has 0 saturated carbocycles. The molecule has 2 atom stereocenters. The number of rotatable bonds is 3. The minimum absolute atomic E-state index is 0.288. The van der Waals surface area contributed by atoms with Crippen LogP contribution in [0.5, 0.6) is 11.5 Å². The fourth-order valence-corrected chi connectivity index (χ4v) is 4.71. The Hall–Kier alpha value is -2.91. The Morgan fingerprint density at radius 3 is 2.79 bits per heavy atom. The Labute approximate surface area is 170 Å². The van der Waals surface area contributed by atoms with E-state index in [4.69, 9.17) is 18.7 Å². The van der Waals surface area contributed by atoms with E-state index < -0.39 is 12.2 Å². The number of para-hydroxylation sites is 2. The Morgan fingerprint density at radius 2 is 2.03 bits per heavy atom. The molecule has 8 nitrogen and oxygen atoms in total. The highest BCUT2D eigenvalue weighted by atomic mass is 32.1. The summed E-state index contributed by atoms with van der Waals surface area (Å²) in [6.07, 6.45) is -0.486. The van der Waals surface area contributed by atoms with E-state index in [9.17, 15) is 4.79 Å². The standard InChI is InChI=1S/C20H19N3O5S/c1-10-17(27-14-6-4-3-5-13(14)26-10)18(24)22-20-16(19-21-11(2)23-28-19)12-7-8-25-9-15(12)29-20/h3-6,10,17H,7-9H2,1-2H3,(H,22,24). The van der Waals surface area contributed by atoms with Crippen molar-refractivity contribution >= 4 is 22.2 Å². The first kappa shape index (κ1) is 18.1. The molecule has 2 unspecified atom stereocenters. The number of anilines is 1. The minimum atomic E-state index is -0.780. The van der Waals surface area contributed by atoms with Crippen LogP contribution in [0, 0.1) is 6.92 Å². The normalized spacial score (nSPS) is 20.2. The lowest BCUT2D eigenvalue weighted by Crippen LogP contribution is -2.46. The molecule has 9 heteroatoms. The van der Waals surface area contributed by atoms with Crippen molar-refractivity contribution in [2.45, 2.75) is 39.1 Å². The smallest absolute Gasteiger partial charge is 0.269 e. The largest absolute Gasteiger partial charge is 0.482 e. The number of hydrogen-bond acceptors (Lipinski definition) is 8. The predicted octanol–water partition coefficient (Wildman–Crippen LogP) is 3.35. The molecule has 0 spiro atoms. The first-order valence-electron chi connectivity index (χ1n) is 9.36. The number of benzene rings is 1. The second kappa shape index (κ2) is 7.16. The van der Waals surface area contributed by atoms with Gasteiger partial charge in [0.2, 0.25) is 6.10 Å². The highest BCUT2D eigenvalue weighted by Gasteiger charge is 2.36. The van der Waals surface area contributed by atoms with Crippen molar-refractivity contribution in [3.05, 3.63) is 40.5 Å². The van der Waals surface area contributed by atoms with Crippen LogP contribution in [0.3, 0.4) is 0 Å². The number of nitrogens with one attached hydrogen (secondary N) is 1. The zero-order chi connectivity index (χ0) is 20.0. The van der Waals surface area contributed by atoms with Crippen molar-refractivity contribution in [3.8, 4) is 23.0 Å². The molecule has 0 radical (unpaired) electrons. The summed E-state index contributed by atoms with van der Waals surface area (Å²) >= 11 is 1.46. The summed E-state index contributed by atoms with van der Waals surface area (Å²) in [5.74, 6) is 1.84. The topological polar surface area (TPSA) is 95.7 Å². The summed E-state index contributed by atoms with van der Waals surface area (Å²) in [6.45, 7) is 4.70. The Bertz CT molecular complexity index is 1080. The summed E-state index contributed by atoms with van der Waals surface area (Å²) in [4.78, 5) is 18.5. The molecule has 0 saturated heterocycles. The van der Waals surface area contributed by atoms with Crippen molar-refractivity contribution in [2.24, 2.45) is 0 Å². The van der Waals surface area contributed by atoms with Gasteiger partial charge in [-0.2, -0.15) is 4.98 Å². The molecule has 4 heterocycles. The SMILES string of the molecule is Cc1noc(-c2c(NC(=O)C3Oc4ccccc4OC3C)sc3c2CCOC3)n1. The molecule has 29 heavy (non-hydrogen) atoms.